The third kappa shape index (κ3) is 9.23. The highest BCUT2D eigenvalue weighted by Gasteiger charge is 2.24. The van der Waals surface area contributed by atoms with Gasteiger partial charge in [-0.3, -0.25) is 9.59 Å². The fourth-order valence-electron chi connectivity index (χ4n) is 5.09. The molecule has 1 heterocycles. The normalized spacial score (nSPS) is 12.2. The van der Waals surface area contributed by atoms with E-state index in [4.69, 9.17) is 37.1 Å². The van der Waals surface area contributed by atoms with Crippen LogP contribution in [0.25, 0.3) is 46.1 Å². The highest BCUT2D eigenvalue weighted by atomic mass is 35.5. The van der Waals surface area contributed by atoms with Crippen LogP contribution in [0.1, 0.15) is 53.3 Å². The lowest BCUT2D eigenvalue weighted by atomic mass is 9.89. The Morgan fingerprint density at radius 1 is 0.957 bits per heavy atom. The summed E-state index contributed by atoms with van der Waals surface area (Å²) in [6.07, 6.45) is 7.26. The average molecular weight is 683 g/mol. The number of carboxylic acid groups (broad SMARTS) is 1. The Morgan fingerprint density at radius 3 is 2.43 bits per heavy atom. The molecular formula is C36H37Cl2NO8. The lowest BCUT2D eigenvalue weighted by molar-refractivity contribution is 0.0468. The van der Waals surface area contributed by atoms with E-state index in [1.807, 2.05) is 0 Å². The molecule has 0 saturated heterocycles. The van der Waals surface area contributed by atoms with Crippen LogP contribution in [-0.4, -0.2) is 60.9 Å². The van der Waals surface area contributed by atoms with Gasteiger partial charge in [0.05, 0.1) is 36.2 Å². The second-order valence-electron chi connectivity index (χ2n) is 10.9. The van der Waals surface area contributed by atoms with Gasteiger partial charge in [-0.2, -0.15) is 0 Å². The van der Waals surface area contributed by atoms with E-state index in [0.29, 0.717) is 58.2 Å². The van der Waals surface area contributed by atoms with Gasteiger partial charge < -0.3 is 29.4 Å². The summed E-state index contributed by atoms with van der Waals surface area (Å²) >= 11 is 11.9. The third-order valence-corrected chi connectivity index (χ3v) is 7.98. The van der Waals surface area contributed by atoms with Crippen molar-refractivity contribution in [1.29, 1.82) is 0 Å². The molecular weight excluding hydrogens is 645 g/mol. The number of ether oxygens (including phenoxy) is 2. The Bertz CT molecular complexity index is 1910. The highest BCUT2D eigenvalue weighted by Crippen LogP contribution is 2.41. The van der Waals surface area contributed by atoms with Crippen LogP contribution in [-0.2, 0) is 9.47 Å². The number of allylic oxidation sites excluding steroid dienone is 2. The van der Waals surface area contributed by atoms with Crippen LogP contribution in [0.3, 0.4) is 0 Å². The molecule has 47 heavy (non-hydrogen) atoms. The van der Waals surface area contributed by atoms with Crippen molar-refractivity contribution in [2.45, 2.75) is 32.6 Å². The van der Waals surface area contributed by atoms with Gasteiger partial charge in [0.25, 0.3) is 5.91 Å². The SMILES string of the molecule is C=c1ccc2c(-c3ccc(C(=O)NCCOCCOCCCCCCCl)cc3C(=O)O)c3cc(Cl)c(=O)cc-3oc2c1=CC=C(C)O. The molecule has 4 rings (SSSR count). The number of hydrogen-bond acceptors (Lipinski definition) is 7. The second kappa shape index (κ2) is 17.1. The molecule has 3 N–H and O–H groups in total. The van der Waals surface area contributed by atoms with Crippen molar-refractivity contribution in [3.8, 4) is 22.5 Å². The number of halogens is 2. The Labute approximate surface area is 282 Å². The van der Waals surface area contributed by atoms with Crippen LogP contribution in [0.2, 0.25) is 5.02 Å². The molecule has 11 heteroatoms. The maximum atomic E-state index is 13.0. The van der Waals surface area contributed by atoms with E-state index in [2.05, 4.69) is 11.9 Å². The van der Waals surface area contributed by atoms with Crippen molar-refractivity contribution < 1.29 is 33.7 Å². The smallest absolute Gasteiger partial charge is 0.336 e. The molecule has 1 aliphatic carbocycles. The quantitative estimate of drug-likeness (QED) is 0.0556. The van der Waals surface area contributed by atoms with Crippen molar-refractivity contribution in [2.75, 3.05) is 38.9 Å². The predicted octanol–water partition coefficient (Wildman–Crippen LogP) is 6.13. The summed E-state index contributed by atoms with van der Waals surface area (Å²) < 4.78 is 17.3. The van der Waals surface area contributed by atoms with Gasteiger partial charge >= 0.3 is 5.97 Å². The van der Waals surface area contributed by atoms with Gasteiger partial charge in [-0.15, -0.1) is 11.6 Å². The van der Waals surface area contributed by atoms with Gasteiger partial charge in [-0.1, -0.05) is 43.2 Å². The number of aliphatic hydroxyl groups is 1. The van der Waals surface area contributed by atoms with Crippen molar-refractivity contribution >= 4 is 58.7 Å². The van der Waals surface area contributed by atoms with Crippen molar-refractivity contribution in [2.24, 2.45) is 0 Å². The van der Waals surface area contributed by atoms with Crippen molar-refractivity contribution in [1.82, 2.24) is 5.32 Å². The number of carboxylic acids is 1. The first-order valence-electron chi connectivity index (χ1n) is 15.2. The molecule has 1 aliphatic heterocycles. The second-order valence-corrected chi connectivity index (χ2v) is 11.7. The Morgan fingerprint density at radius 2 is 1.70 bits per heavy atom. The van der Waals surface area contributed by atoms with E-state index in [1.165, 1.54) is 37.3 Å². The lowest BCUT2D eigenvalue weighted by Crippen LogP contribution is -2.28. The largest absolute Gasteiger partial charge is 0.513 e. The molecule has 0 atom stereocenters. The number of alkyl halides is 1. The Kier molecular flexibility index (Phi) is 13.0. The number of benzene rings is 3. The first-order valence-corrected chi connectivity index (χ1v) is 16.2. The molecule has 248 valence electrons. The number of aromatic carboxylic acids is 1. The minimum Gasteiger partial charge on any atom is -0.513 e. The molecule has 0 unspecified atom stereocenters. The molecule has 0 radical (unpaired) electrons. The van der Waals surface area contributed by atoms with Gasteiger partial charge in [0, 0.05) is 52.4 Å². The molecule has 0 fully saturated rings. The summed E-state index contributed by atoms with van der Waals surface area (Å²) in [7, 11) is 0. The standard InChI is InChI=1S/C36H37Cl2NO8/c1-22-7-10-27-33(29-20-30(38)31(41)21-32(29)47-34(27)25(22)11-8-23(2)40)26-12-9-24(19-28(26)36(43)44)35(42)39-14-16-46-18-17-45-15-6-4-3-5-13-37/h7-12,19-21,40H,1,3-6,13-18H2,2H3,(H,39,42)(H,43,44). The van der Waals surface area contributed by atoms with E-state index in [1.54, 1.807) is 24.3 Å². The van der Waals surface area contributed by atoms with Crippen LogP contribution >= 0.6 is 23.2 Å². The number of fused-ring (bicyclic) bond motifs is 2. The summed E-state index contributed by atoms with van der Waals surface area (Å²) in [4.78, 5) is 38.1. The number of nitrogens with one attached hydrogen (secondary N) is 1. The number of carbonyl (C=O) groups is 2. The fourth-order valence-corrected chi connectivity index (χ4v) is 5.44. The number of aliphatic hydroxyl groups excluding tert-OH is 1. The van der Waals surface area contributed by atoms with E-state index in [9.17, 15) is 24.6 Å². The zero-order valence-corrected chi connectivity index (χ0v) is 27.6. The molecule has 2 aliphatic rings. The van der Waals surface area contributed by atoms with Crippen molar-refractivity contribution in [3.63, 3.8) is 0 Å². The molecule has 2 aromatic rings. The van der Waals surface area contributed by atoms with Crippen LogP contribution in [0.5, 0.6) is 0 Å². The monoisotopic (exact) mass is 681 g/mol. The topological polar surface area (TPSA) is 135 Å². The number of amides is 1. The first-order chi connectivity index (χ1) is 22.6. The molecule has 2 aromatic carbocycles. The van der Waals surface area contributed by atoms with Crippen LogP contribution in [0.15, 0.2) is 63.5 Å². The van der Waals surface area contributed by atoms with Crippen LogP contribution in [0, 0.1) is 0 Å². The molecule has 0 bridgehead atoms. The Hall–Kier alpha value is -4.15. The third-order valence-electron chi connectivity index (χ3n) is 7.42. The number of rotatable bonds is 16. The van der Waals surface area contributed by atoms with Crippen LogP contribution in [0.4, 0.5) is 0 Å². The maximum Gasteiger partial charge on any atom is 0.336 e. The summed E-state index contributed by atoms with van der Waals surface area (Å²) in [6.45, 7) is 7.58. The Balaban J connectivity index is 1.59. The number of carbonyl (C=O) groups excluding carboxylic acids is 1. The summed E-state index contributed by atoms with van der Waals surface area (Å²) in [5, 5.41) is 24.4. The van der Waals surface area contributed by atoms with Crippen LogP contribution < -0.4 is 21.2 Å². The van der Waals surface area contributed by atoms with Gasteiger partial charge in [-0.05, 0) is 67.0 Å². The lowest BCUT2D eigenvalue weighted by Gasteiger charge is -2.18. The average Bonchev–Trinajstić information content (AvgIpc) is 3.04. The summed E-state index contributed by atoms with van der Waals surface area (Å²) in [5.41, 5.74) is 1.00. The maximum absolute atomic E-state index is 13.0. The molecule has 9 nitrogen and oxygen atoms in total. The zero-order chi connectivity index (χ0) is 33.9. The minimum atomic E-state index is -1.26. The van der Waals surface area contributed by atoms with Gasteiger partial charge in [0.1, 0.15) is 11.3 Å². The highest BCUT2D eigenvalue weighted by molar-refractivity contribution is 6.31. The molecule has 0 spiro atoms. The van der Waals surface area contributed by atoms with Gasteiger partial charge in [0.2, 0.25) is 5.43 Å². The van der Waals surface area contributed by atoms with E-state index >= 15 is 0 Å². The summed E-state index contributed by atoms with van der Waals surface area (Å²) in [6, 6.07) is 10.6. The zero-order valence-electron chi connectivity index (χ0n) is 26.1. The minimum absolute atomic E-state index is 0.0544. The summed E-state index contributed by atoms with van der Waals surface area (Å²) in [5.74, 6) is -0.806. The fraction of sp³-hybridized carbons (Fsp3) is 0.306. The number of unbranched alkanes of at least 4 members (excludes halogenated alkanes) is 3. The molecule has 0 saturated carbocycles. The van der Waals surface area contributed by atoms with Gasteiger partial charge in [0.15, 0.2) is 0 Å². The van der Waals surface area contributed by atoms with E-state index < -0.39 is 17.3 Å². The van der Waals surface area contributed by atoms with Gasteiger partial charge in [-0.25, -0.2) is 4.79 Å². The number of hydrogen-bond donors (Lipinski definition) is 3. The first kappa shape index (κ1) is 35.7. The predicted molar refractivity (Wildman–Crippen MR) is 185 cm³/mol. The molecule has 1 amide bonds. The van der Waals surface area contributed by atoms with Crippen molar-refractivity contribution in [3.05, 3.63) is 91.1 Å². The molecule has 0 aromatic heterocycles. The van der Waals surface area contributed by atoms with E-state index in [-0.39, 0.29) is 46.4 Å². The van der Waals surface area contributed by atoms with E-state index in [0.717, 1.165) is 25.7 Å².